The van der Waals surface area contributed by atoms with Crippen LogP contribution in [0.1, 0.15) is 25.5 Å². The topological polar surface area (TPSA) is 86.0 Å². The molecule has 0 spiro atoms. The van der Waals surface area contributed by atoms with Gasteiger partial charge in [-0.1, -0.05) is 13.3 Å². The molecule has 0 radical (unpaired) electrons. The first-order valence-electron chi connectivity index (χ1n) is 6.52. The number of aromatic nitrogens is 3. The zero-order chi connectivity index (χ0) is 13.4. The van der Waals surface area contributed by atoms with Gasteiger partial charge in [-0.25, -0.2) is 9.97 Å². The summed E-state index contributed by atoms with van der Waals surface area (Å²) in [4.78, 5) is 13.0. The van der Waals surface area contributed by atoms with Crippen LogP contribution < -0.4 is 15.8 Å². The Balaban J connectivity index is 2.18. The van der Waals surface area contributed by atoms with Crippen molar-refractivity contribution in [3.8, 4) is 5.88 Å². The molecule has 1 unspecified atom stereocenters. The van der Waals surface area contributed by atoms with Gasteiger partial charge >= 0.3 is 0 Å². The van der Waals surface area contributed by atoms with E-state index in [-0.39, 0.29) is 12.1 Å². The standard InChI is InChI=1S/C13H17N5O/c1-3-4-8-6-15-11-10-9(17-13(14)18-11)5-7(2)16-12(10)19-8/h5,8H,3-4,6H2,1-2H3,(H3,14,15,17,18). The first-order valence-corrected chi connectivity index (χ1v) is 6.52. The van der Waals surface area contributed by atoms with Gasteiger partial charge in [0, 0.05) is 5.69 Å². The predicted molar refractivity (Wildman–Crippen MR) is 74.3 cm³/mol. The van der Waals surface area contributed by atoms with E-state index in [4.69, 9.17) is 10.5 Å². The van der Waals surface area contributed by atoms with Crippen molar-refractivity contribution in [1.29, 1.82) is 0 Å². The van der Waals surface area contributed by atoms with Gasteiger partial charge in [0.2, 0.25) is 11.8 Å². The van der Waals surface area contributed by atoms with Crippen molar-refractivity contribution >= 4 is 22.7 Å². The number of rotatable bonds is 2. The Morgan fingerprint density at radius 3 is 3.05 bits per heavy atom. The molecular formula is C13H17N5O. The van der Waals surface area contributed by atoms with Gasteiger partial charge in [-0.05, 0) is 19.4 Å². The van der Waals surface area contributed by atoms with Crippen molar-refractivity contribution in [2.24, 2.45) is 0 Å². The van der Waals surface area contributed by atoms with Gasteiger partial charge in [0.25, 0.3) is 0 Å². The Morgan fingerprint density at radius 1 is 1.42 bits per heavy atom. The molecule has 1 aliphatic rings. The summed E-state index contributed by atoms with van der Waals surface area (Å²) in [5, 5.41) is 4.11. The van der Waals surface area contributed by atoms with E-state index in [9.17, 15) is 0 Å². The summed E-state index contributed by atoms with van der Waals surface area (Å²) in [5.74, 6) is 1.58. The van der Waals surface area contributed by atoms with Gasteiger partial charge < -0.3 is 15.8 Å². The minimum absolute atomic E-state index is 0.0953. The third kappa shape index (κ3) is 2.14. The molecule has 0 fully saturated rings. The van der Waals surface area contributed by atoms with Crippen molar-refractivity contribution in [1.82, 2.24) is 15.0 Å². The van der Waals surface area contributed by atoms with E-state index in [1.165, 1.54) is 0 Å². The van der Waals surface area contributed by atoms with Crippen LogP contribution in [-0.2, 0) is 0 Å². The summed E-state index contributed by atoms with van der Waals surface area (Å²) in [7, 11) is 0. The van der Waals surface area contributed by atoms with Gasteiger partial charge in [0.15, 0.2) is 0 Å². The molecule has 1 atom stereocenters. The lowest BCUT2D eigenvalue weighted by atomic mass is 10.2. The third-order valence-corrected chi connectivity index (χ3v) is 3.18. The molecule has 3 heterocycles. The molecule has 100 valence electrons. The second-order valence-electron chi connectivity index (χ2n) is 4.80. The lowest BCUT2D eigenvalue weighted by Crippen LogP contribution is -2.24. The number of nitrogen functional groups attached to an aromatic ring is 1. The number of nitrogens with one attached hydrogen (secondary N) is 1. The van der Waals surface area contributed by atoms with E-state index in [1.807, 2.05) is 13.0 Å². The molecule has 0 saturated carbocycles. The first-order chi connectivity index (χ1) is 9.17. The van der Waals surface area contributed by atoms with E-state index in [2.05, 4.69) is 27.2 Å². The predicted octanol–water partition coefficient (Wildman–Crippen LogP) is 1.89. The molecule has 2 aromatic rings. The fourth-order valence-electron chi connectivity index (χ4n) is 2.36. The number of aryl methyl sites for hydroxylation is 1. The average Bonchev–Trinajstić information content (AvgIpc) is 2.50. The highest BCUT2D eigenvalue weighted by atomic mass is 16.5. The monoisotopic (exact) mass is 259 g/mol. The quantitative estimate of drug-likeness (QED) is 0.856. The maximum absolute atomic E-state index is 6.00. The van der Waals surface area contributed by atoms with Gasteiger partial charge in [-0.3, -0.25) is 0 Å². The van der Waals surface area contributed by atoms with E-state index in [1.54, 1.807) is 0 Å². The summed E-state index contributed by atoms with van der Waals surface area (Å²) < 4.78 is 6.00. The second-order valence-corrected chi connectivity index (χ2v) is 4.80. The number of ether oxygens (including phenoxy) is 1. The average molecular weight is 259 g/mol. The molecule has 19 heavy (non-hydrogen) atoms. The van der Waals surface area contributed by atoms with Crippen LogP contribution in [0.5, 0.6) is 5.88 Å². The van der Waals surface area contributed by atoms with Crippen LogP contribution in [0.4, 0.5) is 11.8 Å². The zero-order valence-corrected chi connectivity index (χ0v) is 11.1. The van der Waals surface area contributed by atoms with E-state index in [0.717, 1.165) is 29.4 Å². The minimum atomic E-state index is 0.0953. The highest BCUT2D eigenvalue weighted by Gasteiger charge is 2.22. The molecule has 0 aliphatic carbocycles. The van der Waals surface area contributed by atoms with Crippen molar-refractivity contribution in [2.75, 3.05) is 17.6 Å². The molecule has 3 N–H and O–H groups in total. The van der Waals surface area contributed by atoms with Crippen LogP contribution >= 0.6 is 0 Å². The molecule has 0 aromatic carbocycles. The smallest absolute Gasteiger partial charge is 0.227 e. The molecule has 1 aliphatic heterocycles. The summed E-state index contributed by atoms with van der Waals surface area (Å²) in [5.41, 5.74) is 7.38. The highest BCUT2D eigenvalue weighted by molar-refractivity contribution is 5.94. The second kappa shape index (κ2) is 4.53. The normalized spacial score (nSPS) is 17.7. The maximum atomic E-state index is 6.00. The summed E-state index contributed by atoms with van der Waals surface area (Å²) in [6, 6.07) is 1.89. The minimum Gasteiger partial charge on any atom is -0.472 e. The molecule has 2 aromatic heterocycles. The molecule has 0 amide bonds. The van der Waals surface area contributed by atoms with Gasteiger partial charge in [-0.2, -0.15) is 4.98 Å². The van der Waals surface area contributed by atoms with Crippen LogP contribution in [0.3, 0.4) is 0 Å². The van der Waals surface area contributed by atoms with Crippen LogP contribution in [0, 0.1) is 6.92 Å². The van der Waals surface area contributed by atoms with Gasteiger partial charge in [0.05, 0.1) is 12.1 Å². The number of pyridine rings is 1. The summed E-state index contributed by atoms with van der Waals surface area (Å²) in [6.07, 6.45) is 2.13. The fourth-order valence-corrected chi connectivity index (χ4v) is 2.36. The molecule has 0 saturated heterocycles. The largest absolute Gasteiger partial charge is 0.472 e. The molecular weight excluding hydrogens is 242 g/mol. The maximum Gasteiger partial charge on any atom is 0.227 e. The number of hydrogen-bond acceptors (Lipinski definition) is 6. The fraction of sp³-hybridized carbons (Fsp3) is 0.462. The van der Waals surface area contributed by atoms with E-state index >= 15 is 0 Å². The SMILES string of the molecule is CCCC1CNc2nc(N)nc3cc(C)nc(c23)O1. The Bertz CT molecular complexity index is 623. The van der Waals surface area contributed by atoms with E-state index in [0.29, 0.717) is 18.2 Å². The van der Waals surface area contributed by atoms with Crippen LogP contribution in [-0.4, -0.2) is 27.6 Å². The Kier molecular flexibility index (Phi) is 2.85. The molecule has 0 bridgehead atoms. The van der Waals surface area contributed by atoms with Crippen molar-refractivity contribution in [3.05, 3.63) is 11.8 Å². The van der Waals surface area contributed by atoms with Gasteiger partial charge in [0.1, 0.15) is 17.3 Å². The van der Waals surface area contributed by atoms with Crippen LogP contribution in [0.15, 0.2) is 6.07 Å². The molecule has 6 nitrogen and oxygen atoms in total. The first kappa shape index (κ1) is 12.0. The number of hydrogen-bond donors (Lipinski definition) is 2. The molecule has 3 rings (SSSR count). The van der Waals surface area contributed by atoms with Crippen LogP contribution in [0.25, 0.3) is 10.9 Å². The van der Waals surface area contributed by atoms with Crippen molar-refractivity contribution in [2.45, 2.75) is 32.8 Å². The Hall–Kier alpha value is -2.11. The Labute approximate surface area is 111 Å². The lowest BCUT2D eigenvalue weighted by Gasteiger charge is -2.15. The number of nitrogens with zero attached hydrogens (tertiary/aromatic N) is 3. The lowest BCUT2D eigenvalue weighted by molar-refractivity contribution is 0.199. The zero-order valence-electron chi connectivity index (χ0n) is 11.1. The van der Waals surface area contributed by atoms with Crippen molar-refractivity contribution in [3.63, 3.8) is 0 Å². The summed E-state index contributed by atoms with van der Waals surface area (Å²) in [6.45, 7) is 4.76. The van der Waals surface area contributed by atoms with Crippen molar-refractivity contribution < 1.29 is 4.74 Å². The highest BCUT2D eigenvalue weighted by Crippen LogP contribution is 2.32. The Morgan fingerprint density at radius 2 is 2.26 bits per heavy atom. The summed E-state index contributed by atoms with van der Waals surface area (Å²) >= 11 is 0. The third-order valence-electron chi connectivity index (χ3n) is 3.18. The number of nitrogens with two attached hydrogens (primary N) is 1. The van der Waals surface area contributed by atoms with E-state index < -0.39 is 0 Å². The molecule has 6 heteroatoms. The van der Waals surface area contributed by atoms with Gasteiger partial charge in [-0.15, -0.1) is 0 Å². The van der Waals surface area contributed by atoms with Crippen LogP contribution in [0.2, 0.25) is 0 Å². The number of anilines is 2.